The second kappa shape index (κ2) is 5.58. The highest BCUT2D eigenvalue weighted by molar-refractivity contribution is 7.09. The van der Waals surface area contributed by atoms with Crippen LogP contribution in [0.25, 0.3) is 0 Å². The van der Waals surface area contributed by atoms with E-state index < -0.39 is 0 Å². The maximum Gasteiger partial charge on any atom is 0.0991 e. The fraction of sp³-hybridized carbons (Fsp3) is 0.231. The first kappa shape index (κ1) is 11.8. The highest BCUT2D eigenvalue weighted by atomic mass is 32.1. The van der Waals surface area contributed by atoms with Crippen LogP contribution in [0, 0.1) is 11.3 Å². The lowest BCUT2D eigenvalue weighted by molar-refractivity contribution is 0.582. The van der Waals surface area contributed by atoms with Crippen LogP contribution in [0.2, 0.25) is 0 Å². The van der Waals surface area contributed by atoms with Gasteiger partial charge in [-0.25, -0.2) is 0 Å². The molecule has 4 heteroatoms. The minimum absolute atomic E-state index is 0.285. The fourth-order valence-electron chi connectivity index (χ4n) is 1.56. The number of hydrogen-bond donors (Lipinski definition) is 1. The SMILES string of the molecule is CC(NCc1cccc(C#N)c1)c1cncs1. The van der Waals surface area contributed by atoms with Crippen molar-refractivity contribution < 1.29 is 0 Å². The molecule has 0 fully saturated rings. The van der Waals surface area contributed by atoms with E-state index in [2.05, 4.69) is 23.3 Å². The number of nitrogens with zero attached hydrogens (tertiary/aromatic N) is 2. The maximum atomic E-state index is 8.81. The molecule has 1 aromatic carbocycles. The van der Waals surface area contributed by atoms with Gasteiger partial charge in [0.1, 0.15) is 0 Å². The maximum absolute atomic E-state index is 8.81. The van der Waals surface area contributed by atoms with E-state index in [1.54, 1.807) is 11.3 Å². The molecule has 1 N–H and O–H groups in total. The van der Waals surface area contributed by atoms with Crippen molar-refractivity contribution in [2.24, 2.45) is 0 Å². The van der Waals surface area contributed by atoms with Crippen molar-refractivity contribution in [3.05, 3.63) is 52.0 Å². The first-order valence-electron chi connectivity index (χ1n) is 5.40. The summed E-state index contributed by atoms with van der Waals surface area (Å²) in [5.41, 5.74) is 3.67. The normalized spacial score (nSPS) is 12.0. The van der Waals surface area contributed by atoms with Crippen LogP contribution >= 0.6 is 11.3 Å². The van der Waals surface area contributed by atoms with Crippen LogP contribution < -0.4 is 5.32 Å². The van der Waals surface area contributed by atoms with E-state index in [0.717, 1.165) is 12.1 Å². The van der Waals surface area contributed by atoms with Gasteiger partial charge in [0, 0.05) is 23.7 Å². The predicted molar refractivity (Wildman–Crippen MR) is 68.5 cm³/mol. The van der Waals surface area contributed by atoms with Crippen LogP contribution in [0.15, 0.2) is 36.0 Å². The molecule has 0 amide bonds. The van der Waals surface area contributed by atoms with Crippen molar-refractivity contribution in [2.75, 3.05) is 0 Å². The fourth-order valence-corrected chi connectivity index (χ4v) is 2.21. The molecule has 0 saturated carbocycles. The Morgan fingerprint density at radius 1 is 1.53 bits per heavy atom. The smallest absolute Gasteiger partial charge is 0.0991 e. The number of nitrogens with one attached hydrogen (secondary N) is 1. The van der Waals surface area contributed by atoms with Crippen molar-refractivity contribution in [3.63, 3.8) is 0 Å². The second-order valence-corrected chi connectivity index (χ2v) is 4.74. The van der Waals surface area contributed by atoms with Gasteiger partial charge < -0.3 is 5.32 Å². The van der Waals surface area contributed by atoms with E-state index in [1.165, 1.54) is 4.88 Å². The number of nitriles is 1. The molecule has 1 heterocycles. The van der Waals surface area contributed by atoms with Gasteiger partial charge in [-0.3, -0.25) is 4.98 Å². The third-order valence-electron chi connectivity index (χ3n) is 2.55. The van der Waals surface area contributed by atoms with Crippen LogP contribution in [0.1, 0.15) is 29.0 Å². The molecular formula is C13H13N3S. The van der Waals surface area contributed by atoms with Crippen molar-refractivity contribution in [2.45, 2.75) is 19.5 Å². The highest BCUT2D eigenvalue weighted by Gasteiger charge is 2.06. The molecule has 0 aliphatic rings. The molecule has 2 rings (SSSR count). The lowest BCUT2D eigenvalue weighted by atomic mass is 10.1. The minimum Gasteiger partial charge on any atom is -0.305 e. The van der Waals surface area contributed by atoms with E-state index in [1.807, 2.05) is 36.0 Å². The van der Waals surface area contributed by atoms with Crippen molar-refractivity contribution in [1.82, 2.24) is 10.3 Å². The van der Waals surface area contributed by atoms with Crippen LogP contribution in [0.5, 0.6) is 0 Å². The van der Waals surface area contributed by atoms with Crippen molar-refractivity contribution in [1.29, 1.82) is 5.26 Å². The number of aromatic nitrogens is 1. The Morgan fingerprint density at radius 3 is 3.12 bits per heavy atom. The molecule has 17 heavy (non-hydrogen) atoms. The van der Waals surface area contributed by atoms with Gasteiger partial charge in [-0.05, 0) is 24.6 Å². The lowest BCUT2D eigenvalue weighted by Gasteiger charge is -2.11. The van der Waals surface area contributed by atoms with Crippen LogP contribution in [-0.2, 0) is 6.54 Å². The highest BCUT2D eigenvalue weighted by Crippen LogP contribution is 2.16. The summed E-state index contributed by atoms with van der Waals surface area (Å²) in [6.45, 7) is 2.87. The zero-order valence-electron chi connectivity index (χ0n) is 9.55. The van der Waals surface area contributed by atoms with E-state index in [-0.39, 0.29) is 6.04 Å². The molecule has 0 radical (unpaired) electrons. The quantitative estimate of drug-likeness (QED) is 0.898. The van der Waals surface area contributed by atoms with Gasteiger partial charge in [0.05, 0.1) is 17.1 Å². The standard InChI is InChI=1S/C13H13N3S/c1-10(13-8-15-9-17-13)16-7-12-4-2-3-11(5-12)6-14/h2-5,8-10,16H,7H2,1H3. The third kappa shape index (κ3) is 3.13. The Kier molecular flexibility index (Phi) is 3.86. The zero-order valence-corrected chi connectivity index (χ0v) is 10.4. The molecule has 2 aromatic rings. The molecule has 86 valence electrons. The predicted octanol–water partition coefficient (Wildman–Crippen LogP) is 2.87. The van der Waals surface area contributed by atoms with E-state index in [9.17, 15) is 0 Å². The first-order chi connectivity index (χ1) is 8.29. The molecule has 0 saturated heterocycles. The summed E-state index contributed by atoms with van der Waals surface area (Å²) in [4.78, 5) is 5.28. The second-order valence-electron chi connectivity index (χ2n) is 3.82. The van der Waals surface area contributed by atoms with Gasteiger partial charge >= 0.3 is 0 Å². The van der Waals surface area contributed by atoms with Crippen molar-refractivity contribution >= 4 is 11.3 Å². The molecule has 0 bridgehead atoms. The van der Waals surface area contributed by atoms with Crippen LogP contribution in [0.4, 0.5) is 0 Å². The van der Waals surface area contributed by atoms with Crippen LogP contribution in [0.3, 0.4) is 0 Å². The summed E-state index contributed by atoms with van der Waals surface area (Å²) >= 11 is 1.65. The zero-order chi connectivity index (χ0) is 12.1. The summed E-state index contributed by atoms with van der Waals surface area (Å²) in [6.07, 6.45) is 1.88. The van der Waals surface area contributed by atoms with Crippen LogP contribution in [-0.4, -0.2) is 4.98 Å². The molecule has 0 aliphatic heterocycles. The van der Waals surface area contributed by atoms with Gasteiger partial charge in [0.2, 0.25) is 0 Å². The van der Waals surface area contributed by atoms with E-state index in [4.69, 9.17) is 5.26 Å². The lowest BCUT2D eigenvalue weighted by Crippen LogP contribution is -2.17. The molecule has 0 spiro atoms. The van der Waals surface area contributed by atoms with Gasteiger partial charge in [-0.1, -0.05) is 12.1 Å². The average Bonchev–Trinajstić information content (AvgIpc) is 2.90. The number of benzene rings is 1. The molecule has 1 atom stereocenters. The average molecular weight is 243 g/mol. The summed E-state index contributed by atoms with van der Waals surface area (Å²) in [6, 6.07) is 10.1. The number of thiazole rings is 1. The van der Waals surface area contributed by atoms with E-state index >= 15 is 0 Å². The summed E-state index contributed by atoms with van der Waals surface area (Å²) in [7, 11) is 0. The molecule has 1 unspecified atom stereocenters. The number of hydrogen-bond acceptors (Lipinski definition) is 4. The summed E-state index contributed by atoms with van der Waals surface area (Å²) < 4.78 is 0. The monoisotopic (exact) mass is 243 g/mol. The van der Waals surface area contributed by atoms with Gasteiger partial charge in [0.15, 0.2) is 0 Å². The molecule has 3 nitrogen and oxygen atoms in total. The Balaban J connectivity index is 1.96. The van der Waals surface area contributed by atoms with Gasteiger partial charge in [-0.15, -0.1) is 11.3 Å². The largest absolute Gasteiger partial charge is 0.305 e. The Labute approximate surface area is 105 Å². The molecule has 0 aliphatic carbocycles. The Morgan fingerprint density at radius 2 is 2.41 bits per heavy atom. The Bertz CT molecular complexity index is 514. The van der Waals surface area contributed by atoms with E-state index in [0.29, 0.717) is 5.56 Å². The van der Waals surface area contributed by atoms with Gasteiger partial charge in [0.25, 0.3) is 0 Å². The third-order valence-corrected chi connectivity index (χ3v) is 3.50. The molecule has 1 aromatic heterocycles. The summed E-state index contributed by atoms with van der Waals surface area (Å²) in [5, 5.41) is 12.2. The Hall–Kier alpha value is -1.70. The topological polar surface area (TPSA) is 48.7 Å². The first-order valence-corrected chi connectivity index (χ1v) is 6.28. The minimum atomic E-state index is 0.285. The van der Waals surface area contributed by atoms with Gasteiger partial charge in [-0.2, -0.15) is 5.26 Å². The van der Waals surface area contributed by atoms with Crippen molar-refractivity contribution in [3.8, 4) is 6.07 Å². The number of rotatable bonds is 4. The summed E-state index contributed by atoms with van der Waals surface area (Å²) in [5.74, 6) is 0. The molecular weight excluding hydrogens is 230 g/mol.